The van der Waals surface area contributed by atoms with Gasteiger partial charge >= 0.3 is 5.97 Å². The second-order valence-electron chi connectivity index (χ2n) is 5.82. The quantitative estimate of drug-likeness (QED) is 0.636. The summed E-state index contributed by atoms with van der Waals surface area (Å²) in [6, 6.07) is 8.63. The normalized spacial score (nSPS) is 10.9. The average Bonchev–Trinajstić information content (AvgIpc) is 2.66. The molecule has 29 heavy (non-hydrogen) atoms. The Hall–Kier alpha value is -2.49. The van der Waals surface area contributed by atoms with E-state index in [0.29, 0.717) is 0 Å². The molecule has 0 aliphatic heterocycles. The van der Waals surface area contributed by atoms with Crippen LogP contribution in [-0.4, -0.2) is 47.3 Å². The lowest BCUT2D eigenvalue weighted by Crippen LogP contribution is -2.37. The van der Waals surface area contributed by atoms with Gasteiger partial charge < -0.3 is 14.8 Å². The lowest BCUT2D eigenvalue weighted by molar-refractivity contribution is -0.114. The highest BCUT2D eigenvalue weighted by molar-refractivity contribution is 7.92. The van der Waals surface area contributed by atoms with Crippen LogP contribution in [0.1, 0.15) is 10.4 Å². The number of nitrogens with one attached hydrogen (secondary N) is 1. The molecular formula is C18H18Cl2N2O6S. The Morgan fingerprint density at radius 1 is 1.10 bits per heavy atom. The van der Waals surface area contributed by atoms with Gasteiger partial charge in [0.2, 0.25) is 15.9 Å². The number of anilines is 2. The van der Waals surface area contributed by atoms with Crippen molar-refractivity contribution >= 4 is 56.5 Å². The van der Waals surface area contributed by atoms with Crippen molar-refractivity contribution in [1.29, 1.82) is 0 Å². The average molecular weight is 461 g/mol. The van der Waals surface area contributed by atoms with Gasteiger partial charge in [-0.1, -0.05) is 23.2 Å². The predicted molar refractivity (Wildman–Crippen MR) is 112 cm³/mol. The minimum Gasteiger partial charge on any atom is -0.495 e. The van der Waals surface area contributed by atoms with Crippen molar-refractivity contribution in [3.8, 4) is 5.75 Å². The van der Waals surface area contributed by atoms with Crippen LogP contribution in [0.15, 0.2) is 36.4 Å². The first-order valence-corrected chi connectivity index (χ1v) is 10.7. The molecule has 0 atom stereocenters. The van der Waals surface area contributed by atoms with Crippen LogP contribution in [0.5, 0.6) is 5.75 Å². The fourth-order valence-electron chi connectivity index (χ4n) is 2.44. The van der Waals surface area contributed by atoms with Gasteiger partial charge in [0.15, 0.2) is 0 Å². The Bertz CT molecular complexity index is 1040. The molecule has 0 bridgehead atoms. The van der Waals surface area contributed by atoms with Gasteiger partial charge in [0, 0.05) is 10.7 Å². The zero-order valence-corrected chi connectivity index (χ0v) is 18.1. The van der Waals surface area contributed by atoms with Gasteiger partial charge in [0.05, 0.1) is 36.7 Å². The molecule has 0 unspecified atom stereocenters. The van der Waals surface area contributed by atoms with Crippen molar-refractivity contribution < 1.29 is 27.5 Å². The molecular weight excluding hydrogens is 443 g/mol. The third-order valence-corrected chi connectivity index (χ3v) is 5.44. The van der Waals surface area contributed by atoms with Crippen LogP contribution in [0.4, 0.5) is 11.4 Å². The molecule has 0 aromatic heterocycles. The Labute approximate surface area is 178 Å². The van der Waals surface area contributed by atoms with Crippen LogP contribution in [0.3, 0.4) is 0 Å². The van der Waals surface area contributed by atoms with Gasteiger partial charge in [-0.05, 0) is 36.4 Å². The van der Waals surface area contributed by atoms with Crippen LogP contribution >= 0.6 is 23.2 Å². The Morgan fingerprint density at radius 2 is 1.79 bits per heavy atom. The maximum atomic E-state index is 12.5. The van der Waals surface area contributed by atoms with Crippen molar-refractivity contribution in [3.63, 3.8) is 0 Å². The van der Waals surface area contributed by atoms with Gasteiger partial charge in [0.1, 0.15) is 12.3 Å². The van der Waals surface area contributed by atoms with Gasteiger partial charge in [-0.2, -0.15) is 0 Å². The maximum absolute atomic E-state index is 12.5. The number of ether oxygens (including phenoxy) is 2. The zero-order chi connectivity index (χ0) is 21.8. The molecule has 0 fully saturated rings. The first-order valence-electron chi connectivity index (χ1n) is 8.05. The number of methoxy groups -OCH3 is 2. The number of halogens is 2. The topological polar surface area (TPSA) is 102 Å². The molecule has 0 heterocycles. The van der Waals surface area contributed by atoms with E-state index in [1.54, 1.807) is 0 Å². The number of hydrogen-bond donors (Lipinski definition) is 1. The molecule has 8 nitrogen and oxygen atoms in total. The van der Waals surface area contributed by atoms with E-state index in [0.717, 1.165) is 10.6 Å². The molecule has 0 saturated heterocycles. The smallest absolute Gasteiger partial charge is 0.339 e. The Morgan fingerprint density at radius 3 is 2.38 bits per heavy atom. The third kappa shape index (κ3) is 5.75. The molecule has 1 N–H and O–H groups in total. The van der Waals surface area contributed by atoms with E-state index in [2.05, 4.69) is 10.1 Å². The fourth-order valence-corrected chi connectivity index (χ4v) is 3.65. The van der Waals surface area contributed by atoms with E-state index in [1.807, 2.05) is 0 Å². The molecule has 0 spiro atoms. The SMILES string of the molecule is COC(=O)c1cc(NC(=O)CN(c2cc(Cl)ccc2OC)S(C)(=O)=O)ccc1Cl. The van der Waals surface area contributed by atoms with E-state index in [1.165, 1.54) is 50.6 Å². The highest BCUT2D eigenvalue weighted by Gasteiger charge is 2.24. The summed E-state index contributed by atoms with van der Waals surface area (Å²) in [6.45, 7) is -0.550. The molecule has 0 radical (unpaired) electrons. The molecule has 1 amide bonds. The number of benzene rings is 2. The van der Waals surface area contributed by atoms with Crippen molar-refractivity contribution in [2.24, 2.45) is 0 Å². The molecule has 0 aliphatic rings. The fraction of sp³-hybridized carbons (Fsp3) is 0.222. The summed E-state index contributed by atoms with van der Waals surface area (Å²) in [5, 5.41) is 2.95. The van der Waals surface area contributed by atoms with E-state index in [4.69, 9.17) is 27.9 Å². The van der Waals surface area contributed by atoms with Crippen LogP contribution in [-0.2, 0) is 19.6 Å². The van der Waals surface area contributed by atoms with Crippen molar-refractivity contribution in [2.45, 2.75) is 0 Å². The Balaban J connectivity index is 2.31. The number of carbonyl (C=O) groups is 2. The lowest BCUT2D eigenvalue weighted by atomic mass is 10.2. The van der Waals surface area contributed by atoms with Gasteiger partial charge in [0.25, 0.3) is 0 Å². The van der Waals surface area contributed by atoms with Gasteiger partial charge in [-0.25, -0.2) is 13.2 Å². The minimum absolute atomic E-state index is 0.0587. The highest BCUT2D eigenvalue weighted by atomic mass is 35.5. The summed E-state index contributed by atoms with van der Waals surface area (Å²) < 4.78 is 35.3. The monoisotopic (exact) mass is 460 g/mol. The van der Waals surface area contributed by atoms with Crippen molar-refractivity contribution in [1.82, 2.24) is 0 Å². The summed E-state index contributed by atoms with van der Waals surface area (Å²) in [5.41, 5.74) is 0.416. The number of amides is 1. The number of rotatable bonds is 7. The van der Waals surface area contributed by atoms with Gasteiger partial charge in [-0.3, -0.25) is 9.10 Å². The predicted octanol–water partition coefficient (Wildman–Crippen LogP) is 3.19. The molecule has 11 heteroatoms. The number of hydrogen-bond acceptors (Lipinski definition) is 6. The summed E-state index contributed by atoms with van der Waals surface area (Å²) in [4.78, 5) is 24.3. The zero-order valence-electron chi connectivity index (χ0n) is 15.7. The van der Waals surface area contributed by atoms with Crippen molar-refractivity contribution in [3.05, 3.63) is 52.0 Å². The molecule has 2 aromatic carbocycles. The molecule has 0 saturated carbocycles. The van der Waals surface area contributed by atoms with Crippen LogP contribution < -0.4 is 14.4 Å². The number of esters is 1. The second kappa shape index (κ2) is 9.34. The standard InChI is InChI=1S/C18H18Cl2N2O6S/c1-27-16-7-4-11(19)8-15(16)22(29(3,25)26)10-17(23)21-12-5-6-14(20)13(9-12)18(24)28-2/h4-9H,10H2,1-3H3,(H,21,23). The molecule has 0 aliphatic carbocycles. The van der Waals surface area contributed by atoms with E-state index < -0.39 is 28.4 Å². The maximum Gasteiger partial charge on any atom is 0.339 e. The van der Waals surface area contributed by atoms with Crippen LogP contribution in [0.25, 0.3) is 0 Å². The van der Waals surface area contributed by atoms with Crippen LogP contribution in [0, 0.1) is 0 Å². The second-order valence-corrected chi connectivity index (χ2v) is 8.57. The first-order chi connectivity index (χ1) is 13.6. The van der Waals surface area contributed by atoms with E-state index in [-0.39, 0.29) is 32.7 Å². The van der Waals surface area contributed by atoms with Crippen LogP contribution in [0.2, 0.25) is 10.0 Å². The molecule has 156 valence electrons. The number of sulfonamides is 1. The first kappa shape index (κ1) is 22.8. The van der Waals surface area contributed by atoms with E-state index >= 15 is 0 Å². The van der Waals surface area contributed by atoms with E-state index in [9.17, 15) is 18.0 Å². The van der Waals surface area contributed by atoms with Gasteiger partial charge in [-0.15, -0.1) is 0 Å². The summed E-state index contributed by atoms with van der Waals surface area (Å²) >= 11 is 11.9. The number of carbonyl (C=O) groups excluding carboxylic acids is 2. The summed E-state index contributed by atoms with van der Waals surface area (Å²) in [6.07, 6.45) is 0.957. The molecule has 2 rings (SSSR count). The molecule has 2 aromatic rings. The summed E-state index contributed by atoms with van der Waals surface area (Å²) in [7, 11) is -1.28. The lowest BCUT2D eigenvalue weighted by Gasteiger charge is -2.24. The summed E-state index contributed by atoms with van der Waals surface area (Å²) in [5.74, 6) is -1.10. The number of nitrogens with zero attached hydrogens (tertiary/aromatic N) is 1. The largest absolute Gasteiger partial charge is 0.495 e. The Kier molecular flexibility index (Phi) is 7.34. The van der Waals surface area contributed by atoms with Crippen molar-refractivity contribution in [2.75, 3.05) is 36.6 Å². The third-order valence-electron chi connectivity index (χ3n) is 3.75. The minimum atomic E-state index is -3.85. The highest BCUT2D eigenvalue weighted by Crippen LogP contribution is 2.32.